The van der Waals surface area contributed by atoms with Gasteiger partial charge in [0, 0.05) is 5.33 Å². The Kier molecular flexibility index (Phi) is 52.7. The van der Waals surface area contributed by atoms with E-state index in [2.05, 4.69) is 29.1 Å². The van der Waals surface area contributed by atoms with E-state index in [1.807, 2.05) is 6.92 Å². The maximum absolute atomic E-state index is 3.15. The SMILES string of the molecule is C=C.CCBr. The van der Waals surface area contributed by atoms with Gasteiger partial charge in [0.05, 0.1) is 0 Å². The van der Waals surface area contributed by atoms with E-state index in [4.69, 9.17) is 0 Å². The number of alkyl halides is 1. The van der Waals surface area contributed by atoms with Gasteiger partial charge < -0.3 is 0 Å². The van der Waals surface area contributed by atoms with Gasteiger partial charge >= 0.3 is 0 Å². The molecule has 0 aliphatic carbocycles. The Morgan fingerprint density at radius 3 is 1.60 bits per heavy atom. The van der Waals surface area contributed by atoms with E-state index in [9.17, 15) is 0 Å². The summed E-state index contributed by atoms with van der Waals surface area (Å²) in [6.45, 7) is 8.04. The molecule has 0 unspecified atom stereocenters. The predicted octanol–water partition coefficient (Wildman–Crippen LogP) is 2.20. The first kappa shape index (κ1) is 8.97. The number of rotatable bonds is 0. The summed E-state index contributed by atoms with van der Waals surface area (Å²) in [6.07, 6.45) is 0. The van der Waals surface area contributed by atoms with E-state index in [1.54, 1.807) is 0 Å². The monoisotopic (exact) mass is 136 g/mol. The molecular formula is C4H9Br. The standard InChI is InChI=1S/C2H5Br.C2H4/c1-2-3;1-2/h2H2,1H3;1-2H2. The molecule has 0 spiro atoms. The molecular weight excluding hydrogens is 128 g/mol. The fourth-order valence-corrected chi connectivity index (χ4v) is 0. The third-order valence-electron chi connectivity index (χ3n) is 0. The summed E-state index contributed by atoms with van der Waals surface area (Å²) in [5.41, 5.74) is 0. The lowest BCUT2D eigenvalue weighted by Crippen LogP contribution is -1.34. The van der Waals surface area contributed by atoms with Gasteiger partial charge in [0.2, 0.25) is 0 Å². The third-order valence-corrected chi connectivity index (χ3v) is 0. The molecule has 0 fully saturated rings. The van der Waals surface area contributed by atoms with Crippen molar-refractivity contribution in [3.05, 3.63) is 13.2 Å². The quantitative estimate of drug-likeness (QED) is 0.354. The van der Waals surface area contributed by atoms with E-state index in [1.165, 1.54) is 0 Å². The van der Waals surface area contributed by atoms with Crippen molar-refractivity contribution in [2.75, 3.05) is 5.33 Å². The molecule has 0 aromatic carbocycles. The highest BCUT2D eigenvalue weighted by molar-refractivity contribution is 9.09. The Bertz CT molecular complexity index is 7.61. The summed E-state index contributed by atoms with van der Waals surface area (Å²) in [6, 6.07) is 0. The third kappa shape index (κ3) is 430. The molecule has 0 aromatic heterocycles. The van der Waals surface area contributed by atoms with Crippen LogP contribution in [0, 0.1) is 0 Å². The molecule has 0 heterocycles. The largest absolute Gasteiger partial charge is 0.106 e. The average molecular weight is 137 g/mol. The molecule has 0 N–H and O–H groups in total. The van der Waals surface area contributed by atoms with Gasteiger partial charge in [0.15, 0.2) is 0 Å². The summed E-state index contributed by atoms with van der Waals surface area (Å²) >= 11 is 3.15. The number of hydrogen-bond acceptors (Lipinski definition) is 0. The topological polar surface area (TPSA) is 0 Å². The lowest BCUT2D eigenvalue weighted by molar-refractivity contribution is 1.56. The van der Waals surface area contributed by atoms with Crippen molar-refractivity contribution >= 4 is 15.9 Å². The molecule has 0 amide bonds. The Labute approximate surface area is 42.0 Å². The van der Waals surface area contributed by atoms with Crippen LogP contribution in [0.1, 0.15) is 6.92 Å². The maximum atomic E-state index is 3.15. The van der Waals surface area contributed by atoms with Crippen LogP contribution >= 0.6 is 15.9 Å². The summed E-state index contributed by atoms with van der Waals surface area (Å²) in [4.78, 5) is 0. The molecule has 0 radical (unpaired) electrons. The highest BCUT2D eigenvalue weighted by atomic mass is 79.9. The van der Waals surface area contributed by atoms with E-state index in [0.717, 1.165) is 5.33 Å². The molecule has 0 nitrogen and oxygen atoms in total. The zero-order valence-electron chi connectivity index (χ0n) is 3.50. The van der Waals surface area contributed by atoms with Crippen molar-refractivity contribution in [2.45, 2.75) is 6.92 Å². The van der Waals surface area contributed by atoms with Gasteiger partial charge in [-0.2, -0.15) is 0 Å². The maximum Gasteiger partial charge on any atom is 0.000281 e. The normalized spacial score (nSPS) is 4.40. The molecule has 0 aliphatic heterocycles. The van der Waals surface area contributed by atoms with Gasteiger partial charge in [-0.25, -0.2) is 0 Å². The first-order valence-electron chi connectivity index (χ1n) is 1.47. The molecule has 0 aromatic rings. The van der Waals surface area contributed by atoms with Crippen LogP contribution in [-0.4, -0.2) is 5.33 Å². The molecule has 0 saturated carbocycles. The highest BCUT2D eigenvalue weighted by Gasteiger charge is 1.38. The van der Waals surface area contributed by atoms with Gasteiger partial charge in [-0.15, -0.1) is 13.2 Å². The Balaban J connectivity index is 0. The summed E-state index contributed by atoms with van der Waals surface area (Å²) < 4.78 is 0. The van der Waals surface area contributed by atoms with E-state index < -0.39 is 0 Å². The van der Waals surface area contributed by atoms with E-state index in [-0.39, 0.29) is 0 Å². The van der Waals surface area contributed by atoms with Gasteiger partial charge in [0.25, 0.3) is 0 Å². The van der Waals surface area contributed by atoms with Crippen LogP contribution < -0.4 is 0 Å². The van der Waals surface area contributed by atoms with Crippen LogP contribution in [0.2, 0.25) is 0 Å². The second kappa shape index (κ2) is 29.4. The lowest BCUT2D eigenvalue weighted by Gasteiger charge is -1.45. The zero-order chi connectivity index (χ0) is 4.71. The smallest absolute Gasteiger partial charge is 0.000281 e. The molecule has 0 bridgehead atoms. The van der Waals surface area contributed by atoms with Crippen molar-refractivity contribution in [1.82, 2.24) is 0 Å². The highest BCUT2D eigenvalue weighted by Crippen LogP contribution is 1.67. The Hall–Kier alpha value is 0.220. The fourth-order valence-electron chi connectivity index (χ4n) is 0. The summed E-state index contributed by atoms with van der Waals surface area (Å²) in [5, 5.41) is 1.06. The molecule has 5 heavy (non-hydrogen) atoms. The van der Waals surface area contributed by atoms with Crippen LogP contribution in [0.5, 0.6) is 0 Å². The predicted molar refractivity (Wildman–Crippen MR) is 30.7 cm³/mol. The van der Waals surface area contributed by atoms with Gasteiger partial charge in [0.1, 0.15) is 0 Å². The fraction of sp³-hybridized carbons (Fsp3) is 0.500. The van der Waals surface area contributed by atoms with Crippen LogP contribution in [0.4, 0.5) is 0 Å². The lowest BCUT2D eigenvalue weighted by atomic mass is 11.0. The minimum atomic E-state index is 1.06. The van der Waals surface area contributed by atoms with Gasteiger partial charge in [-0.1, -0.05) is 22.9 Å². The number of hydrogen-bond donors (Lipinski definition) is 0. The summed E-state index contributed by atoms with van der Waals surface area (Å²) in [5.74, 6) is 0. The minimum absolute atomic E-state index is 1.06. The van der Waals surface area contributed by atoms with Crippen molar-refractivity contribution in [1.29, 1.82) is 0 Å². The first-order valence-corrected chi connectivity index (χ1v) is 2.60. The van der Waals surface area contributed by atoms with Crippen LogP contribution in [-0.2, 0) is 0 Å². The first-order chi connectivity index (χ1) is 2.41. The zero-order valence-corrected chi connectivity index (χ0v) is 5.09. The van der Waals surface area contributed by atoms with Gasteiger partial charge in [-0.05, 0) is 0 Å². The summed E-state index contributed by atoms with van der Waals surface area (Å²) in [7, 11) is 0. The van der Waals surface area contributed by atoms with E-state index in [0.29, 0.717) is 0 Å². The number of halogens is 1. The van der Waals surface area contributed by atoms with Crippen molar-refractivity contribution < 1.29 is 0 Å². The van der Waals surface area contributed by atoms with E-state index >= 15 is 0 Å². The molecule has 32 valence electrons. The van der Waals surface area contributed by atoms with Crippen molar-refractivity contribution in [3.63, 3.8) is 0 Å². The van der Waals surface area contributed by atoms with Gasteiger partial charge in [-0.3, -0.25) is 0 Å². The van der Waals surface area contributed by atoms with Crippen molar-refractivity contribution in [3.8, 4) is 0 Å². The Morgan fingerprint density at radius 2 is 1.60 bits per heavy atom. The molecule has 0 aliphatic rings. The second-order valence-corrected chi connectivity index (χ2v) is 1.39. The molecule has 1 heteroatoms. The molecule has 0 rings (SSSR count). The van der Waals surface area contributed by atoms with Crippen LogP contribution in [0.25, 0.3) is 0 Å². The minimum Gasteiger partial charge on any atom is -0.106 e. The van der Waals surface area contributed by atoms with Crippen LogP contribution in [0.3, 0.4) is 0 Å². The molecule has 0 saturated heterocycles. The molecule has 0 atom stereocenters. The second-order valence-electron chi connectivity index (χ2n) is 0.267. The van der Waals surface area contributed by atoms with Crippen molar-refractivity contribution in [2.24, 2.45) is 0 Å². The average Bonchev–Trinajstić information content (AvgIpc) is 1.46. The Morgan fingerprint density at radius 1 is 1.60 bits per heavy atom. The van der Waals surface area contributed by atoms with Crippen LogP contribution in [0.15, 0.2) is 13.2 Å².